The predicted octanol–water partition coefficient (Wildman–Crippen LogP) is 1.23. The van der Waals surface area contributed by atoms with Crippen LogP contribution in [-0.4, -0.2) is 68.5 Å². The van der Waals surface area contributed by atoms with Gasteiger partial charge in [0.15, 0.2) is 5.82 Å². The van der Waals surface area contributed by atoms with Gasteiger partial charge in [0.25, 0.3) is 0 Å². The maximum Gasteiger partial charge on any atom is 0.213 e. The zero-order chi connectivity index (χ0) is 17.1. The van der Waals surface area contributed by atoms with Crippen LogP contribution >= 0.6 is 0 Å². The number of hydrogen-bond acceptors (Lipinski definition) is 7. The average Bonchev–Trinajstić information content (AvgIpc) is 3.29. The van der Waals surface area contributed by atoms with Crippen molar-refractivity contribution in [1.82, 2.24) is 30.5 Å². The van der Waals surface area contributed by atoms with Crippen molar-refractivity contribution in [1.29, 1.82) is 0 Å². The summed E-state index contributed by atoms with van der Waals surface area (Å²) in [6.07, 6.45) is 6.77. The van der Waals surface area contributed by atoms with Crippen LogP contribution in [0.1, 0.15) is 31.5 Å². The first kappa shape index (κ1) is 16.4. The number of methoxy groups -OCH3 is 1. The lowest BCUT2D eigenvalue weighted by molar-refractivity contribution is -0.0830. The van der Waals surface area contributed by atoms with Crippen LogP contribution in [0.25, 0.3) is 0 Å². The molecule has 1 saturated carbocycles. The highest BCUT2D eigenvalue weighted by atomic mass is 16.5. The second kappa shape index (κ2) is 7.05. The number of nitrogens with zero attached hydrogens (tertiary/aromatic N) is 5. The Hall–Kier alpha value is -2.06. The van der Waals surface area contributed by atoms with Crippen molar-refractivity contribution in [3.8, 4) is 5.88 Å². The molecule has 2 aromatic heterocycles. The van der Waals surface area contributed by atoms with E-state index < -0.39 is 0 Å². The highest BCUT2D eigenvalue weighted by Crippen LogP contribution is 2.43. The summed E-state index contributed by atoms with van der Waals surface area (Å²) in [7, 11) is 1.84. The fourth-order valence-corrected chi connectivity index (χ4v) is 4.25. The number of fused-ring (bicyclic) bond motifs is 1. The number of ether oxygens (including phenoxy) is 2. The molecule has 0 amide bonds. The molecule has 3 atom stereocenters. The van der Waals surface area contributed by atoms with Crippen molar-refractivity contribution in [2.75, 3.05) is 20.2 Å². The third kappa shape index (κ3) is 3.36. The fourth-order valence-electron chi connectivity index (χ4n) is 4.25. The normalized spacial score (nSPS) is 29.5. The number of H-pyrrole nitrogens is 1. The lowest BCUT2D eigenvalue weighted by Crippen LogP contribution is -2.52. The molecule has 2 aliphatic rings. The van der Waals surface area contributed by atoms with Gasteiger partial charge in [-0.25, -0.2) is 4.98 Å². The lowest BCUT2D eigenvalue weighted by Gasteiger charge is -2.43. The number of nitrogens with one attached hydrogen (secondary N) is 1. The number of aromatic amines is 1. The van der Waals surface area contributed by atoms with E-state index in [0.717, 1.165) is 51.0 Å². The minimum absolute atomic E-state index is 0.0543. The van der Waals surface area contributed by atoms with Crippen LogP contribution in [0, 0.1) is 0 Å². The van der Waals surface area contributed by atoms with Crippen LogP contribution in [0.5, 0.6) is 5.88 Å². The molecule has 1 aliphatic carbocycles. The van der Waals surface area contributed by atoms with Gasteiger partial charge in [0.2, 0.25) is 5.88 Å². The predicted molar refractivity (Wildman–Crippen MR) is 90.1 cm³/mol. The zero-order valence-corrected chi connectivity index (χ0v) is 14.5. The maximum atomic E-state index is 6.12. The van der Waals surface area contributed by atoms with Gasteiger partial charge < -0.3 is 9.47 Å². The highest BCUT2D eigenvalue weighted by molar-refractivity contribution is 5.12. The van der Waals surface area contributed by atoms with Crippen LogP contribution in [0.3, 0.4) is 0 Å². The van der Waals surface area contributed by atoms with E-state index >= 15 is 0 Å². The van der Waals surface area contributed by atoms with Crippen molar-refractivity contribution in [3.63, 3.8) is 0 Å². The van der Waals surface area contributed by atoms with E-state index in [-0.39, 0.29) is 11.7 Å². The van der Waals surface area contributed by atoms with Gasteiger partial charge in [-0.2, -0.15) is 5.21 Å². The Morgan fingerprint density at radius 3 is 3.08 bits per heavy atom. The van der Waals surface area contributed by atoms with E-state index in [1.165, 1.54) is 0 Å². The molecule has 1 aliphatic heterocycles. The molecule has 2 fully saturated rings. The first-order valence-corrected chi connectivity index (χ1v) is 8.88. The van der Waals surface area contributed by atoms with Crippen molar-refractivity contribution in [3.05, 3.63) is 30.2 Å². The molecule has 134 valence electrons. The van der Waals surface area contributed by atoms with E-state index in [1.54, 1.807) is 6.20 Å². The summed E-state index contributed by atoms with van der Waals surface area (Å²) in [4.78, 5) is 6.78. The van der Waals surface area contributed by atoms with E-state index in [4.69, 9.17) is 9.47 Å². The Morgan fingerprint density at radius 2 is 2.32 bits per heavy atom. The zero-order valence-electron chi connectivity index (χ0n) is 14.5. The summed E-state index contributed by atoms with van der Waals surface area (Å²) >= 11 is 0. The Kier molecular flexibility index (Phi) is 4.63. The Labute approximate surface area is 146 Å². The van der Waals surface area contributed by atoms with Crippen LogP contribution in [0.15, 0.2) is 24.4 Å². The standard InChI is InChI=1S/C17H24N6O2/c1-24-17-7-5-13(25-16-4-2-3-9-18-16)12-14(17)23(11-8-17)10-6-15-19-21-22-20-15/h2-4,9,13-14H,5-8,10-12H2,1H3,(H,19,20,21,22)/t13?,14?,17-/m1/s1. The van der Waals surface area contributed by atoms with Gasteiger partial charge in [0.05, 0.1) is 5.60 Å². The topological polar surface area (TPSA) is 89.0 Å². The number of pyridine rings is 1. The van der Waals surface area contributed by atoms with E-state index in [1.807, 2.05) is 25.3 Å². The second-order valence-electron chi connectivity index (χ2n) is 6.83. The Bertz CT molecular complexity index is 667. The molecular formula is C17H24N6O2. The number of likely N-dealkylation sites (tertiary alicyclic amines) is 1. The SMILES string of the molecule is CO[C@@]12CCC(Oc3ccccn3)CC1N(CCc1nn[nH]n1)CC2. The molecule has 25 heavy (non-hydrogen) atoms. The molecule has 3 heterocycles. The van der Waals surface area contributed by atoms with Crippen molar-refractivity contribution >= 4 is 0 Å². The highest BCUT2D eigenvalue weighted by Gasteiger charge is 2.51. The molecule has 0 spiro atoms. The van der Waals surface area contributed by atoms with Crippen molar-refractivity contribution < 1.29 is 9.47 Å². The van der Waals surface area contributed by atoms with E-state index in [2.05, 4.69) is 30.5 Å². The molecular weight excluding hydrogens is 320 g/mol. The lowest BCUT2D eigenvalue weighted by atomic mass is 9.79. The maximum absolute atomic E-state index is 6.12. The second-order valence-corrected chi connectivity index (χ2v) is 6.83. The summed E-state index contributed by atoms with van der Waals surface area (Å²) in [5.41, 5.74) is -0.0543. The molecule has 4 rings (SSSR count). The fraction of sp³-hybridized carbons (Fsp3) is 0.647. The Balaban J connectivity index is 1.42. The summed E-state index contributed by atoms with van der Waals surface area (Å²) in [5, 5.41) is 14.2. The molecule has 8 nitrogen and oxygen atoms in total. The van der Waals surface area contributed by atoms with Crippen LogP contribution in [-0.2, 0) is 11.2 Å². The quantitative estimate of drug-likeness (QED) is 0.843. The number of hydrogen-bond donors (Lipinski definition) is 1. The average molecular weight is 344 g/mol. The minimum atomic E-state index is -0.0543. The molecule has 1 saturated heterocycles. The molecule has 0 bridgehead atoms. The van der Waals surface area contributed by atoms with Gasteiger partial charge in [-0.1, -0.05) is 11.3 Å². The summed E-state index contributed by atoms with van der Waals surface area (Å²) < 4.78 is 12.1. The summed E-state index contributed by atoms with van der Waals surface area (Å²) in [6.45, 7) is 1.94. The van der Waals surface area contributed by atoms with Gasteiger partial charge in [-0.15, -0.1) is 10.2 Å². The molecule has 8 heteroatoms. The first-order chi connectivity index (χ1) is 12.3. The number of rotatable bonds is 6. The first-order valence-electron chi connectivity index (χ1n) is 8.88. The van der Waals surface area contributed by atoms with Crippen molar-refractivity contribution in [2.45, 2.75) is 49.9 Å². The summed E-state index contributed by atoms with van der Waals surface area (Å²) in [5.74, 6) is 1.46. The third-order valence-corrected chi connectivity index (χ3v) is 5.59. The van der Waals surface area contributed by atoms with Crippen LogP contribution in [0.4, 0.5) is 0 Å². The van der Waals surface area contributed by atoms with Gasteiger partial charge in [-0.05, 0) is 25.3 Å². The number of tetrazole rings is 1. The molecule has 0 radical (unpaired) electrons. The monoisotopic (exact) mass is 344 g/mol. The third-order valence-electron chi connectivity index (χ3n) is 5.59. The van der Waals surface area contributed by atoms with Crippen LogP contribution in [0.2, 0.25) is 0 Å². The van der Waals surface area contributed by atoms with Gasteiger partial charge >= 0.3 is 0 Å². The molecule has 2 unspecified atom stereocenters. The molecule has 0 aromatic carbocycles. The van der Waals surface area contributed by atoms with E-state index in [9.17, 15) is 0 Å². The van der Waals surface area contributed by atoms with Gasteiger partial charge in [0, 0.05) is 51.3 Å². The van der Waals surface area contributed by atoms with Gasteiger partial charge in [-0.3, -0.25) is 4.90 Å². The van der Waals surface area contributed by atoms with Crippen LogP contribution < -0.4 is 4.74 Å². The van der Waals surface area contributed by atoms with Crippen molar-refractivity contribution in [2.24, 2.45) is 0 Å². The van der Waals surface area contributed by atoms with E-state index in [0.29, 0.717) is 11.9 Å². The largest absolute Gasteiger partial charge is 0.474 e. The molecule has 2 aromatic rings. The smallest absolute Gasteiger partial charge is 0.213 e. The number of aromatic nitrogens is 5. The minimum Gasteiger partial charge on any atom is -0.474 e. The molecule has 1 N–H and O–H groups in total. The summed E-state index contributed by atoms with van der Waals surface area (Å²) in [6, 6.07) is 6.13. The Morgan fingerprint density at radius 1 is 1.36 bits per heavy atom. The van der Waals surface area contributed by atoms with Gasteiger partial charge in [0.1, 0.15) is 6.10 Å².